The summed E-state index contributed by atoms with van der Waals surface area (Å²) >= 11 is 0. The number of carbonyl (C=O) groups excluding carboxylic acids is 2. The molecule has 142 valence electrons. The predicted molar refractivity (Wildman–Crippen MR) is 111 cm³/mol. The van der Waals surface area contributed by atoms with Gasteiger partial charge in [0.15, 0.2) is 0 Å². The Labute approximate surface area is 163 Å². The van der Waals surface area contributed by atoms with E-state index in [-0.39, 0.29) is 24.2 Å². The molecule has 0 radical (unpaired) electrons. The molecule has 2 amide bonds. The number of nitrogens with zero attached hydrogens (tertiary/aromatic N) is 1. The summed E-state index contributed by atoms with van der Waals surface area (Å²) in [6.07, 6.45) is 0.212. The molecule has 1 heterocycles. The van der Waals surface area contributed by atoms with Gasteiger partial charge in [0, 0.05) is 29.7 Å². The third-order valence-corrected chi connectivity index (χ3v) is 5.00. The number of fused-ring (bicyclic) bond motifs is 1. The second kappa shape index (κ2) is 7.72. The van der Waals surface area contributed by atoms with Crippen molar-refractivity contribution < 1.29 is 14.3 Å². The zero-order chi connectivity index (χ0) is 19.5. The largest absolute Gasteiger partial charge is 0.494 e. The van der Waals surface area contributed by atoms with E-state index in [1.807, 2.05) is 73.7 Å². The topological polar surface area (TPSA) is 58.6 Å². The number of benzene rings is 3. The van der Waals surface area contributed by atoms with Crippen molar-refractivity contribution in [2.45, 2.75) is 13.3 Å². The lowest BCUT2D eigenvalue weighted by molar-refractivity contribution is -0.122. The maximum absolute atomic E-state index is 12.8. The monoisotopic (exact) mass is 374 g/mol. The molecule has 3 aromatic carbocycles. The first-order valence-corrected chi connectivity index (χ1v) is 9.47. The van der Waals surface area contributed by atoms with Crippen molar-refractivity contribution in [2.75, 3.05) is 23.4 Å². The zero-order valence-corrected chi connectivity index (χ0v) is 15.7. The van der Waals surface area contributed by atoms with E-state index in [1.54, 1.807) is 4.90 Å². The van der Waals surface area contributed by atoms with Gasteiger partial charge in [-0.1, -0.05) is 36.4 Å². The Kier molecular flexibility index (Phi) is 4.98. The summed E-state index contributed by atoms with van der Waals surface area (Å²) in [5.41, 5.74) is 1.56. The molecule has 0 bridgehead atoms. The molecule has 0 saturated carbocycles. The molecule has 1 atom stereocenters. The summed E-state index contributed by atoms with van der Waals surface area (Å²) in [5, 5.41) is 5.07. The number of hydrogen-bond acceptors (Lipinski definition) is 3. The fourth-order valence-electron chi connectivity index (χ4n) is 3.59. The van der Waals surface area contributed by atoms with Crippen LogP contribution >= 0.6 is 0 Å². The molecule has 0 aromatic heterocycles. The number of ether oxygens (including phenoxy) is 1. The van der Waals surface area contributed by atoms with Crippen LogP contribution in [0, 0.1) is 5.92 Å². The van der Waals surface area contributed by atoms with E-state index in [0.717, 1.165) is 27.9 Å². The summed E-state index contributed by atoms with van der Waals surface area (Å²) in [6.45, 7) is 2.90. The molecule has 0 spiro atoms. The fourth-order valence-corrected chi connectivity index (χ4v) is 3.59. The van der Waals surface area contributed by atoms with E-state index in [2.05, 4.69) is 5.32 Å². The van der Waals surface area contributed by atoms with Crippen molar-refractivity contribution in [2.24, 2.45) is 5.92 Å². The number of carbonyl (C=O) groups is 2. The van der Waals surface area contributed by atoms with Crippen molar-refractivity contribution in [1.82, 2.24) is 0 Å². The van der Waals surface area contributed by atoms with Crippen LogP contribution in [0.5, 0.6) is 5.75 Å². The van der Waals surface area contributed by atoms with Crippen molar-refractivity contribution in [3.8, 4) is 5.75 Å². The first-order valence-electron chi connectivity index (χ1n) is 9.47. The molecule has 1 saturated heterocycles. The lowest BCUT2D eigenvalue weighted by Gasteiger charge is -2.17. The molecule has 4 rings (SSSR count). The maximum Gasteiger partial charge on any atom is 0.229 e. The summed E-state index contributed by atoms with van der Waals surface area (Å²) in [6, 6.07) is 21.1. The van der Waals surface area contributed by atoms with Gasteiger partial charge in [0.2, 0.25) is 11.8 Å². The van der Waals surface area contributed by atoms with Crippen LogP contribution in [-0.4, -0.2) is 25.0 Å². The normalized spacial score (nSPS) is 16.4. The molecule has 5 nitrogen and oxygen atoms in total. The van der Waals surface area contributed by atoms with Gasteiger partial charge in [-0.15, -0.1) is 0 Å². The lowest BCUT2D eigenvalue weighted by atomic mass is 10.1. The highest BCUT2D eigenvalue weighted by Crippen LogP contribution is 2.29. The first kappa shape index (κ1) is 18.0. The van der Waals surface area contributed by atoms with E-state index >= 15 is 0 Å². The van der Waals surface area contributed by atoms with E-state index < -0.39 is 0 Å². The molecule has 0 unspecified atom stereocenters. The Bertz CT molecular complexity index is 1010. The van der Waals surface area contributed by atoms with Gasteiger partial charge in [-0.3, -0.25) is 9.59 Å². The Morgan fingerprint density at radius 1 is 1.07 bits per heavy atom. The molecule has 1 aliphatic heterocycles. The molecule has 1 fully saturated rings. The van der Waals surface area contributed by atoms with Gasteiger partial charge in [0.1, 0.15) is 5.75 Å². The molecule has 5 heteroatoms. The summed E-state index contributed by atoms with van der Waals surface area (Å²) < 4.78 is 5.44. The van der Waals surface area contributed by atoms with Gasteiger partial charge in [-0.2, -0.15) is 0 Å². The van der Waals surface area contributed by atoms with Crippen LogP contribution in [-0.2, 0) is 9.59 Å². The number of nitrogens with one attached hydrogen (secondary N) is 1. The smallest absolute Gasteiger partial charge is 0.229 e. The second-order valence-corrected chi connectivity index (χ2v) is 6.85. The van der Waals surface area contributed by atoms with E-state index in [0.29, 0.717) is 13.2 Å². The van der Waals surface area contributed by atoms with Crippen molar-refractivity contribution in [1.29, 1.82) is 0 Å². The summed E-state index contributed by atoms with van der Waals surface area (Å²) in [4.78, 5) is 27.0. The van der Waals surface area contributed by atoms with E-state index in [4.69, 9.17) is 4.74 Å². The Balaban J connectivity index is 1.48. The van der Waals surface area contributed by atoms with Gasteiger partial charge in [0.25, 0.3) is 0 Å². The molecule has 1 N–H and O–H groups in total. The van der Waals surface area contributed by atoms with Gasteiger partial charge < -0.3 is 15.0 Å². The fraction of sp³-hybridized carbons (Fsp3) is 0.217. The minimum Gasteiger partial charge on any atom is -0.494 e. The standard InChI is InChI=1S/C23H22N2O3/c1-2-28-19-12-10-18(11-13-19)25-15-17(14-22(25)26)23(27)24-21-9-5-7-16-6-3-4-8-20(16)21/h3-13,17H,2,14-15H2,1H3,(H,24,27)/t17-/m0/s1. The minimum absolute atomic E-state index is 0.0396. The molecule has 28 heavy (non-hydrogen) atoms. The average molecular weight is 374 g/mol. The highest BCUT2D eigenvalue weighted by Gasteiger charge is 2.35. The number of hydrogen-bond donors (Lipinski definition) is 1. The second-order valence-electron chi connectivity index (χ2n) is 6.85. The molecule has 0 aliphatic carbocycles. The van der Waals surface area contributed by atoms with Crippen molar-refractivity contribution >= 4 is 34.0 Å². The minimum atomic E-state index is -0.377. The third kappa shape index (κ3) is 3.56. The van der Waals surface area contributed by atoms with Gasteiger partial charge in [-0.05, 0) is 42.6 Å². The average Bonchev–Trinajstić information content (AvgIpc) is 3.11. The zero-order valence-electron chi connectivity index (χ0n) is 15.7. The first-order chi connectivity index (χ1) is 13.7. The molecule has 3 aromatic rings. The predicted octanol–water partition coefficient (Wildman–Crippen LogP) is 4.23. The van der Waals surface area contributed by atoms with E-state index in [1.165, 1.54) is 0 Å². The summed E-state index contributed by atoms with van der Waals surface area (Å²) in [5.74, 6) is 0.224. The lowest BCUT2D eigenvalue weighted by Crippen LogP contribution is -2.28. The number of rotatable bonds is 5. The van der Waals surface area contributed by atoms with Crippen LogP contribution < -0.4 is 15.0 Å². The quantitative estimate of drug-likeness (QED) is 0.727. The van der Waals surface area contributed by atoms with Crippen LogP contribution in [0.25, 0.3) is 10.8 Å². The highest BCUT2D eigenvalue weighted by molar-refractivity contribution is 6.07. The van der Waals surface area contributed by atoms with Crippen molar-refractivity contribution in [3.05, 3.63) is 66.7 Å². The van der Waals surface area contributed by atoms with Crippen LogP contribution in [0.3, 0.4) is 0 Å². The molecular weight excluding hydrogens is 352 g/mol. The number of anilines is 2. The van der Waals surface area contributed by atoms with Crippen molar-refractivity contribution in [3.63, 3.8) is 0 Å². The van der Waals surface area contributed by atoms with Crippen LogP contribution in [0.2, 0.25) is 0 Å². The van der Waals surface area contributed by atoms with E-state index in [9.17, 15) is 9.59 Å². The Hall–Kier alpha value is -3.34. The van der Waals surface area contributed by atoms with Gasteiger partial charge >= 0.3 is 0 Å². The number of amides is 2. The van der Waals surface area contributed by atoms with Crippen LogP contribution in [0.1, 0.15) is 13.3 Å². The Morgan fingerprint density at radius 2 is 1.82 bits per heavy atom. The SMILES string of the molecule is CCOc1ccc(N2C[C@@H](C(=O)Nc3cccc4ccccc34)CC2=O)cc1. The Morgan fingerprint density at radius 3 is 2.61 bits per heavy atom. The van der Waals surface area contributed by atoms with Crippen LogP contribution in [0.15, 0.2) is 66.7 Å². The highest BCUT2D eigenvalue weighted by atomic mass is 16.5. The summed E-state index contributed by atoms with van der Waals surface area (Å²) in [7, 11) is 0. The third-order valence-electron chi connectivity index (χ3n) is 5.00. The molecular formula is C23H22N2O3. The van der Waals surface area contributed by atoms with Gasteiger partial charge in [-0.25, -0.2) is 0 Å². The van der Waals surface area contributed by atoms with Gasteiger partial charge in [0.05, 0.1) is 12.5 Å². The van der Waals surface area contributed by atoms with Crippen LogP contribution in [0.4, 0.5) is 11.4 Å². The maximum atomic E-state index is 12.8. The molecule has 1 aliphatic rings.